The summed E-state index contributed by atoms with van der Waals surface area (Å²) >= 11 is 1.49. The predicted octanol–water partition coefficient (Wildman–Crippen LogP) is 1.91. The van der Waals surface area contributed by atoms with Crippen molar-refractivity contribution >= 4 is 23.6 Å². The van der Waals surface area contributed by atoms with Gasteiger partial charge in [-0.3, -0.25) is 9.89 Å². The molecule has 1 aromatic carbocycles. The van der Waals surface area contributed by atoms with E-state index in [1.54, 1.807) is 12.1 Å². The van der Waals surface area contributed by atoms with Crippen molar-refractivity contribution in [3.63, 3.8) is 0 Å². The number of aliphatic carboxylic acids is 1. The number of benzene rings is 1. The number of H-pyrrole nitrogens is 1. The van der Waals surface area contributed by atoms with Crippen LogP contribution >= 0.6 is 11.8 Å². The Balaban J connectivity index is 1.78. The molecule has 0 spiro atoms. The van der Waals surface area contributed by atoms with E-state index in [0.717, 1.165) is 0 Å². The maximum atomic E-state index is 12.9. The first-order valence-electron chi connectivity index (χ1n) is 6.95. The standard InChI is InChI=1S/C15H14FN3O3S/c16-10-3-1-9(2-4-10)11-7-12(19-18-11)13(20)17-15(14(21)22)5-6-23-8-15/h1-4,7H,5-6,8H2,(H,17,20)(H,18,19)(H,21,22). The molecule has 1 atom stereocenters. The fourth-order valence-electron chi connectivity index (χ4n) is 2.38. The summed E-state index contributed by atoms with van der Waals surface area (Å²) in [5.74, 6) is -0.877. The van der Waals surface area contributed by atoms with E-state index in [1.165, 1.54) is 30.0 Å². The fourth-order valence-corrected chi connectivity index (χ4v) is 3.70. The molecule has 2 aromatic rings. The lowest BCUT2D eigenvalue weighted by atomic mass is 9.99. The van der Waals surface area contributed by atoms with Crippen LogP contribution in [0.15, 0.2) is 30.3 Å². The van der Waals surface area contributed by atoms with Gasteiger partial charge in [0.2, 0.25) is 0 Å². The van der Waals surface area contributed by atoms with E-state index in [2.05, 4.69) is 15.5 Å². The van der Waals surface area contributed by atoms with Crippen LogP contribution in [0.3, 0.4) is 0 Å². The average Bonchev–Trinajstić information content (AvgIpc) is 3.17. The maximum absolute atomic E-state index is 12.9. The first-order valence-corrected chi connectivity index (χ1v) is 8.11. The van der Waals surface area contributed by atoms with Gasteiger partial charge in [0.05, 0.1) is 5.69 Å². The monoisotopic (exact) mass is 335 g/mol. The number of nitrogens with zero attached hydrogens (tertiary/aromatic N) is 1. The van der Waals surface area contributed by atoms with Crippen molar-refractivity contribution in [3.8, 4) is 11.3 Å². The molecule has 0 bridgehead atoms. The number of amides is 1. The Bertz CT molecular complexity index is 739. The van der Waals surface area contributed by atoms with Crippen molar-refractivity contribution in [2.24, 2.45) is 0 Å². The third-order valence-corrected chi connectivity index (χ3v) is 4.94. The van der Waals surface area contributed by atoms with Crippen LogP contribution < -0.4 is 5.32 Å². The zero-order chi connectivity index (χ0) is 16.4. The summed E-state index contributed by atoms with van der Waals surface area (Å²) in [4.78, 5) is 23.8. The Morgan fingerprint density at radius 3 is 2.70 bits per heavy atom. The van der Waals surface area contributed by atoms with Crippen molar-refractivity contribution in [1.29, 1.82) is 0 Å². The van der Waals surface area contributed by atoms with Gasteiger partial charge >= 0.3 is 5.97 Å². The second-order valence-electron chi connectivity index (χ2n) is 5.32. The zero-order valence-corrected chi connectivity index (χ0v) is 12.8. The predicted molar refractivity (Wildman–Crippen MR) is 83.8 cm³/mol. The van der Waals surface area contributed by atoms with E-state index in [9.17, 15) is 19.1 Å². The third kappa shape index (κ3) is 3.07. The molecular weight excluding hydrogens is 321 g/mol. The van der Waals surface area contributed by atoms with Gasteiger partial charge in [-0.05, 0) is 42.5 Å². The van der Waals surface area contributed by atoms with Gasteiger partial charge in [-0.25, -0.2) is 9.18 Å². The molecule has 1 saturated heterocycles. The molecule has 1 fully saturated rings. The lowest BCUT2D eigenvalue weighted by molar-refractivity contribution is -0.143. The van der Waals surface area contributed by atoms with Gasteiger partial charge < -0.3 is 10.4 Å². The first-order chi connectivity index (χ1) is 11.0. The Hall–Kier alpha value is -2.35. The Morgan fingerprint density at radius 2 is 2.09 bits per heavy atom. The number of nitrogens with one attached hydrogen (secondary N) is 2. The number of carbonyl (C=O) groups is 2. The molecular formula is C15H14FN3O3S. The Morgan fingerprint density at radius 1 is 1.35 bits per heavy atom. The van der Waals surface area contributed by atoms with E-state index >= 15 is 0 Å². The topological polar surface area (TPSA) is 95.1 Å². The van der Waals surface area contributed by atoms with Crippen LogP contribution in [0.2, 0.25) is 0 Å². The van der Waals surface area contributed by atoms with Gasteiger partial charge in [0.15, 0.2) is 0 Å². The summed E-state index contributed by atoms with van der Waals surface area (Å²) in [6.45, 7) is 0. The van der Waals surface area contributed by atoms with Crippen LogP contribution in [0.25, 0.3) is 11.3 Å². The van der Waals surface area contributed by atoms with Crippen molar-refractivity contribution in [1.82, 2.24) is 15.5 Å². The molecule has 23 heavy (non-hydrogen) atoms. The van der Waals surface area contributed by atoms with Crippen molar-refractivity contribution in [3.05, 3.63) is 41.8 Å². The van der Waals surface area contributed by atoms with Gasteiger partial charge in [0.25, 0.3) is 5.91 Å². The van der Waals surface area contributed by atoms with Crippen LogP contribution in [-0.2, 0) is 4.79 Å². The van der Waals surface area contributed by atoms with Gasteiger partial charge in [-0.15, -0.1) is 0 Å². The smallest absolute Gasteiger partial charge is 0.330 e. The lowest BCUT2D eigenvalue weighted by Gasteiger charge is -2.23. The fraction of sp³-hybridized carbons (Fsp3) is 0.267. The molecule has 3 rings (SSSR count). The molecule has 0 radical (unpaired) electrons. The minimum Gasteiger partial charge on any atom is -0.479 e. The molecule has 8 heteroatoms. The van der Waals surface area contributed by atoms with Gasteiger partial charge in [-0.1, -0.05) is 0 Å². The molecule has 120 valence electrons. The molecule has 2 heterocycles. The number of carbonyl (C=O) groups excluding carboxylic acids is 1. The Kier molecular flexibility index (Phi) is 4.08. The van der Waals surface area contributed by atoms with Crippen molar-refractivity contribution < 1.29 is 19.1 Å². The number of carboxylic acids is 1. The quantitative estimate of drug-likeness (QED) is 0.793. The number of thioether (sulfide) groups is 1. The Labute approximate surface area is 135 Å². The third-order valence-electron chi connectivity index (χ3n) is 3.75. The highest BCUT2D eigenvalue weighted by Gasteiger charge is 2.43. The summed E-state index contributed by atoms with van der Waals surface area (Å²) in [6, 6.07) is 7.23. The zero-order valence-electron chi connectivity index (χ0n) is 12.0. The van der Waals surface area contributed by atoms with Crippen LogP contribution in [0.5, 0.6) is 0 Å². The molecule has 1 amide bonds. The molecule has 1 aromatic heterocycles. The van der Waals surface area contributed by atoms with Gasteiger partial charge in [-0.2, -0.15) is 16.9 Å². The summed E-state index contributed by atoms with van der Waals surface area (Å²) in [7, 11) is 0. The van der Waals surface area contributed by atoms with E-state index in [1.807, 2.05) is 0 Å². The molecule has 0 aliphatic carbocycles. The number of hydrogen-bond acceptors (Lipinski definition) is 4. The summed E-state index contributed by atoms with van der Waals surface area (Å²) < 4.78 is 12.9. The SMILES string of the molecule is O=C(NC1(C(=O)O)CCSC1)c1cc(-c2ccc(F)cc2)n[nH]1. The average molecular weight is 335 g/mol. The number of hydrogen-bond donors (Lipinski definition) is 3. The maximum Gasteiger partial charge on any atom is 0.330 e. The molecule has 1 unspecified atom stereocenters. The van der Waals surface area contributed by atoms with E-state index < -0.39 is 17.4 Å². The molecule has 1 aliphatic rings. The van der Waals surface area contributed by atoms with Crippen LogP contribution in [-0.4, -0.2) is 44.2 Å². The second kappa shape index (κ2) is 6.04. The lowest BCUT2D eigenvalue weighted by Crippen LogP contribution is -2.54. The minimum absolute atomic E-state index is 0.168. The number of aromatic nitrogens is 2. The van der Waals surface area contributed by atoms with Gasteiger partial charge in [0, 0.05) is 11.3 Å². The van der Waals surface area contributed by atoms with E-state index in [-0.39, 0.29) is 11.5 Å². The molecule has 0 saturated carbocycles. The number of carboxylic acid groups (broad SMARTS) is 1. The second-order valence-corrected chi connectivity index (χ2v) is 6.42. The molecule has 1 aliphatic heterocycles. The van der Waals surface area contributed by atoms with E-state index in [0.29, 0.717) is 29.2 Å². The minimum atomic E-state index is -1.23. The summed E-state index contributed by atoms with van der Waals surface area (Å²) in [5.41, 5.74) is 0.0800. The largest absolute Gasteiger partial charge is 0.479 e. The summed E-state index contributed by atoms with van der Waals surface area (Å²) in [5, 5.41) is 18.6. The van der Waals surface area contributed by atoms with Crippen molar-refractivity contribution in [2.75, 3.05) is 11.5 Å². The van der Waals surface area contributed by atoms with Crippen LogP contribution in [0.1, 0.15) is 16.9 Å². The first kappa shape index (κ1) is 15.5. The van der Waals surface area contributed by atoms with Crippen LogP contribution in [0, 0.1) is 5.82 Å². The highest BCUT2D eigenvalue weighted by molar-refractivity contribution is 7.99. The molecule has 6 nitrogen and oxygen atoms in total. The van der Waals surface area contributed by atoms with Crippen molar-refractivity contribution in [2.45, 2.75) is 12.0 Å². The summed E-state index contributed by atoms with van der Waals surface area (Å²) in [6.07, 6.45) is 0.387. The highest BCUT2D eigenvalue weighted by Crippen LogP contribution is 2.28. The highest BCUT2D eigenvalue weighted by atomic mass is 32.2. The van der Waals surface area contributed by atoms with Crippen LogP contribution in [0.4, 0.5) is 4.39 Å². The van der Waals surface area contributed by atoms with E-state index in [4.69, 9.17) is 0 Å². The van der Waals surface area contributed by atoms with Gasteiger partial charge in [0.1, 0.15) is 17.1 Å². The number of aromatic amines is 1. The molecule has 3 N–H and O–H groups in total. The number of rotatable bonds is 4. The normalized spacial score (nSPS) is 20.4. The number of halogens is 1.